The van der Waals surface area contributed by atoms with Gasteiger partial charge in [-0.25, -0.2) is 13.1 Å². The summed E-state index contributed by atoms with van der Waals surface area (Å²) in [6.45, 7) is 3.99. The van der Waals surface area contributed by atoms with Gasteiger partial charge in [-0.3, -0.25) is 4.90 Å². The summed E-state index contributed by atoms with van der Waals surface area (Å²) in [6.07, 6.45) is 7.95. The molecule has 2 aliphatic rings. The van der Waals surface area contributed by atoms with Gasteiger partial charge in [0.05, 0.1) is 5.75 Å². The Kier molecular flexibility index (Phi) is 5.04. The summed E-state index contributed by atoms with van der Waals surface area (Å²) in [5.74, 6) is 0.281. The van der Waals surface area contributed by atoms with E-state index in [-0.39, 0.29) is 11.8 Å². The Hall–Kier alpha value is -0.130. The molecule has 4 nitrogen and oxygen atoms in total. The predicted molar refractivity (Wildman–Crippen MR) is 74.1 cm³/mol. The molecule has 0 aromatic heterocycles. The van der Waals surface area contributed by atoms with Crippen LogP contribution in [0.1, 0.15) is 51.9 Å². The summed E-state index contributed by atoms with van der Waals surface area (Å²) < 4.78 is 26.6. The second kappa shape index (κ2) is 6.35. The Balaban J connectivity index is 1.78. The van der Waals surface area contributed by atoms with Gasteiger partial charge in [-0.05, 0) is 25.7 Å². The van der Waals surface area contributed by atoms with E-state index in [1.807, 2.05) is 6.92 Å². The van der Waals surface area contributed by atoms with E-state index in [9.17, 15) is 8.42 Å². The van der Waals surface area contributed by atoms with Crippen molar-refractivity contribution >= 4 is 10.0 Å². The molecule has 106 valence electrons. The lowest BCUT2D eigenvalue weighted by Gasteiger charge is -2.23. The second-order valence-corrected chi connectivity index (χ2v) is 7.58. The third-order valence-electron chi connectivity index (χ3n) is 4.17. The van der Waals surface area contributed by atoms with Crippen molar-refractivity contribution in [2.45, 2.75) is 64.0 Å². The van der Waals surface area contributed by atoms with Gasteiger partial charge in [0.2, 0.25) is 10.0 Å². The van der Waals surface area contributed by atoms with E-state index in [4.69, 9.17) is 0 Å². The van der Waals surface area contributed by atoms with E-state index in [0.29, 0.717) is 0 Å². The van der Waals surface area contributed by atoms with E-state index in [1.165, 1.54) is 25.7 Å². The van der Waals surface area contributed by atoms with Gasteiger partial charge in [0.15, 0.2) is 0 Å². The smallest absolute Gasteiger partial charge is 0.211 e. The van der Waals surface area contributed by atoms with E-state index in [1.54, 1.807) is 0 Å². The average molecular weight is 274 g/mol. The highest BCUT2D eigenvalue weighted by atomic mass is 32.2. The van der Waals surface area contributed by atoms with Crippen LogP contribution in [-0.2, 0) is 10.0 Å². The van der Waals surface area contributed by atoms with E-state index in [2.05, 4.69) is 9.62 Å². The maximum absolute atomic E-state index is 11.8. The Morgan fingerprint density at radius 1 is 1.22 bits per heavy atom. The number of hydrogen-bond donors (Lipinski definition) is 1. The van der Waals surface area contributed by atoms with Crippen LogP contribution in [0, 0.1) is 0 Å². The largest absolute Gasteiger partial charge is 0.299 e. The van der Waals surface area contributed by atoms with Crippen molar-refractivity contribution in [3.63, 3.8) is 0 Å². The van der Waals surface area contributed by atoms with Gasteiger partial charge >= 0.3 is 0 Å². The molecule has 0 aromatic carbocycles. The molecule has 2 rings (SSSR count). The topological polar surface area (TPSA) is 49.4 Å². The fourth-order valence-corrected chi connectivity index (χ4v) is 4.62. The highest BCUT2D eigenvalue weighted by molar-refractivity contribution is 7.89. The van der Waals surface area contributed by atoms with Crippen molar-refractivity contribution in [3.8, 4) is 0 Å². The molecule has 0 unspecified atom stereocenters. The molecule has 1 N–H and O–H groups in total. The summed E-state index contributed by atoms with van der Waals surface area (Å²) in [5, 5.41) is 0. The SMILES string of the molecule is CCCCS(=O)(=O)N[C@@H]1CCN(C2CCCC2)C1. The minimum Gasteiger partial charge on any atom is -0.299 e. The number of rotatable bonds is 6. The van der Waals surface area contributed by atoms with Crippen LogP contribution in [0.3, 0.4) is 0 Å². The maximum atomic E-state index is 11.8. The molecule has 18 heavy (non-hydrogen) atoms. The van der Waals surface area contributed by atoms with Gasteiger partial charge in [-0.1, -0.05) is 26.2 Å². The van der Waals surface area contributed by atoms with Crippen LogP contribution in [-0.4, -0.2) is 44.2 Å². The van der Waals surface area contributed by atoms with Crippen LogP contribution < -0.4 is 4.72 Å². The molecular formula is C13H26N2O2S. The number of hydrogen-bond acceptors (Lipinski definition) is 3. The van der Waals surface area contributed by atoms with Crippen LogP contribution >= 0.6 is 0 Å². The molecule has 5 heteroatoms. The Bertz CT molecular complexity index is 350. The molecule has 1 saturated carbocycles. The highest BCUT2D eigenvalue weighted by Crippen LogP contribution is 2.26. The normalized spacial score (nSPS) is 27.1. The number of likely N-dealkylation sites (tertiary alicyclic amines) is 1. The Morgan fingerprint density at radius 3 is 2.61 bits per heavy atom. The van der Waals surface area contributed by atoms with Crippen molar-refractivity contribution in [3.05, 3.63) is 0 Å². The van der Waals surface area contributed by atoms with Gasteiger partial charge < -0.3 is 0 Å². The molecule has 1 aliphatic carbocycles. The monoisotopic (exact) mass is 274 g/mol. The van der Waals surface area contributed by atoms with E-state index >= 15 is 0 Å². The average Bonchev–Trinajstić information content (AvgIpc) is 2.95. The number of nitrogens with zero attached hydrogens (tertiary/aromatic N) is 1. The van der Waals surface area contributed by atoms with Gasteiger partial charge in [0.25, 0.3) is 0 Å². The lowest BCUT2D eigenvalue weighted by molar-refractivity contribution is 0.242. The molecule has 0 bridgehead atoms. The zero-order valence-electron chi connectivity index (χ0n) is 11.4. The predicted octanol–water partition coefficient (Wildman–Crippen LogP) is 1.72. The summed E-state index contributed by atoms with van der Waals surface area (Å²) in [4.78, 5) is 2.49. The molecule has 1 aliphatic heterocycles. The fraction of sp³-hybridized carbons (Fsp3) is 1.00. The first-order chi connectivity index (χ1) is 8.61. The molecule has 0 spiro atoms. The molecule has 1 saturated heterocycles. The lowest BCUT2D eigenvalue weighted by atomic mass is 10.2. The minimum absolute atomic E-state index is 0.146. The summed E-state index contributed by atoms with van der Waals surface area (Å²) in [7, 11) is -3.05. The van der Waals surface area contributed by atoms with Crippen LogP contribution in [0.2, 0.25) is 0 Å². The molecule has 1 heterocycles. The van der Waals surface area contributed by atoms with Crippen LogP contribution in [0.5, 0.6) is 0 Å². The van der Waals surface area contributed by atoms with Crippen molar-refractivity contribution in [2.24, 2.45) is 0 Å². The summed E-state index contributed by atoms with van der Waals surface area (Å²) >= 11 is 0. The summed E-state index contributed by atoms with van der Waals surface area (Å²) in [5.41, 5.74) is 0. The fourth-order valence-electron chi connectivity index (χ4n) is 3.13. The quantitative estimate of drug-likeness (QED) is 0.802. The lowest BCUT2D eigenvalue weighted by Crippen LogP contribution is -2.40. The standard InChI is InChI=1S/C13H26N2O2S/c1-2-3-10-18(16,17)14-12-8-9-15(11-12)13-6-4-5-7-13/h12-14H,2-11H2,1H3/t12-/m1/s1. The molecular weight excluding hydrogens is 248 g/mol. The molecule has 2 fully saturated rings. The molecule has 0 radical (unpaired) electrons. The molecule has 0 amide bonds. The first-order valence-corrected chi connectivity index (χ1v) is 9.00. The zero-order valence-corrected chi connectivity index (χ0v) is 12.2. The van der Waals surface area contributed by atoms with Gasteiger partial charge in [0.1, 0.15) is 0 Å². The first kappa shape index (κ1) is 14.3. The van der Waals surface area contributed by atoms with Crippen molar-refractivity contribution in [2.75, 3.05) is 18.8 Å². The van der Waals surface area contributed by atoms with E-state index in [0.717, 1.165) is 38.4 Å². The van der Waals surface area contributed by atoms with Gasteiger partial charge in [-0.2, -0.15) is 0 Å². The number of sulfonamides is 1. The maximum Gasteiger partial charge on any atom is 0.211 e. The summed E-state index contributed by atoms with van der Waals surface area (Å²) in [6, 6.07) is 0.864. The minimum atomic E-state index is -3.05. The third kappa shape index (κ3) is 3.93. The van der Waals surface area contributed by atoms with Crippen LogP contribution in [0.4, 0.5) is 0 Å². The van der Waals surface area contributed by atoms with Crippen molar-refractivity contribution in [1.29, 1.82) is 0 Å². The molecule has 0 aromatic rings. The number of nitrogens with one attached hydrogen (secondary N) is 1. The highest BCUT2D eigenvalue weighted by Gasteiger charge is 2.31. The van der Waals surface area contributed by atoms with Crippen LogP contribution in [0.25, 0.3) is 0 Å². The molecule has 1 atom stereocenters. The first-order valence-electron chi connectivity index (χ1n) is 7.35. The van der Waals surface area contributed by atoms with Gasteiger partial charge in [-0.15, -0.1) is 0 Å². The zero-order chi connectivity index (χ0) is 13.0. The van der Waals surface area contributed by atoms with Crippen LogP contribution in [0.15, 0.2) is 0 Å². The Labute approximate surface area is 111 Å². The second-order valence-electron chi connectivity index (χ2n) is 5.71. The van der Waals surface area contributed by atoms with Gasteiger partial charge in [0, 0.05) is 25.2 Å². The van der Waals surface area contributed by atoms with E-state index < -0.39 is 10.0 Å². The number of unbranched alkanes of at least 4 members (excludes halogenated alkanes) is 1. The van der Waals surface area contributed by atoms with Crippen molar-refractivity contribution in [1.82, 2.24) is 9.62 Å². The van der Waals surface area contributed by atoms with Crippen molar-refractivity contribution < 1.29 is 8.42 Å². The third-order valence-corrected chi connectivity index (χ3v) is 5.69. The Morgan fingerprint density at radius 2 is 1.94 bits per heavy atom.